The van der Waals surface area contributed by atoms with Crippen LogP contribution in [0.15, 0.2) is 18.2 Å². The smallest absolute Gasteiger partial charge is 0.336 e. The van der Waals surface area contributed by atoms with Crippen LogP contribution in [0.5, 0.6) is 0 Å². The van der Waals surface area contributed by atoms with Crippen LogP contribution in [0.4, 0.5) is 4.39 Å². The van der Waals surface area contributed by atoms with E-state index in [9.17, 15) is 9.18 Å². The van der Waals surface area contributed by atoms with Gasteiger partial charge in [-0.05, 0) is 31.6 Å². The number of carboxylic acid groups (broad SMARTS) is 1. The first-order chi connectivity index (χ1) is 8.10. The van der Waals surface area contributed by atoms with Crippen LogP contribution in [0.3, 0.4) is 0 Å². The topological polar surface area (TPSA) is 40.5 Å². The predicted octanol–water partition coefficient (Wildman–Crippen LogP) is 2.41. The van der Waals surface area contributed by atoms with Gasteiger partial charge in [-0.2, -0.15) is 0 Å². The molecule has 17 heavy (non-hydrogen) atoms. The normalized spacial score (nSPS) is 10.8. The lowest BCUT2D eigenvalue weighted by Crippen LogP contribution is -2.26. The number of nitrogens with zero attached hydrogens (tertiary/aromatic N) is 1. The van der Waals surface area contributed by atoms with E-state index in [1.54, 1.807) is 0 Å². The standard InChI is InChI=1S/C13H18FNO2/c1-3-15(4-2)9-8-10-11(13(16)17)6-5-7-12(10)14/h5-7H,3-4,8-9H2,1-2H3,(H,16,17). The van der Waals surface area contributed by atoms with E-state index in [0.29, 0.717) is 18.5 Å². The van der Waals surface area contributed by atoms with E-state index in [1.165, 1.54) is 18.2 Å². The van der Waals surface area contributed by atoms with Crippen LogP contribution in [0.1, 0.15) is 29.8 Å². The molecule has 0 amide bonds. The molecule has 3 nitrogen and oxygen atoms in total. The molecule has 0 unspecified atom stereocenters. The van der Waals surface area contributed by atoms with Crippen LogP contribution in [-0.2, 0) is 6.42 Å². The van der Waals surface area contributed by atoms with E-state index in [1.807, 2.05) is 13.8 Å². The van der Waals surface area contributed by atoms with Gasteiger partial charge in [0.1, 0.15) is 5.82 Å². The monoisotopic (exact) mass is 239 g/mol. The molecule has 0 saturated heterocycles. The minimum absolute atomic E-state index is 0.0668. The van der Waals surface area contributed by atoms with Crippen molar-refractivity contribution in [1.82, 2.24) is 4.90 Å². The minimum atomic E-state index is -1.07. The highest BCUT2D eigenvalue weighted by Crippen LogP contribution is 2.15. The Morgan fingerprint density at radius 3 is 2.53 bits per heavy atom. The number of rotatable bonds is 6. The maximum absolute atomic E-state index is 13.6. The Kier molecular flexibility index (Phi) is 5.10. The molecule has 0 aliphatic carbocycles. The van der Waals surface area contributed by atoms with Crippen molar-refractivity contribution < 1.29 is 14.3 Å². The number of benzene rings is 1. The second-order valence-electron chi connectivity index (χ2n) is 3.85. The molecular formula is C13H18FNO2. The van der Waals surface area contributed by atoms with Crippen molar-refractivity contribution in [3.8, 4) is 0 Å². The first-order valence-corrected chi connectivity index (χ1v) is 5.83. The molecule has 1 N–H and O–H groups in total. The Hall–Kier alpha value is -1.42. The van der Waals surface area contributed by atoms with Gasteiger partial charge in [0.25, 0.3) is 0 Å². The van der Waals surface area contributed by atoms with E-state index in [2.05, 4.69) is 4.90 Å². The fourth-order valence-corrected chi connectivity index (χ4v) is 1.82. The number of carboxylic acids is 1. The van der Waals surface area contributed by atoms with Gasteiger partial charge in [0.15, 0.2) is 0 Å². The van der Waals surface area contributed by atoms with E-state index in [4.69, 9.17) is 5.11 Å². The number of halogens is 1. The molecule has 1 rings (SSSR count). The molecule has 4 heteroatoms. The second kappa shape index (κ2) is 6.35. The molecule has 0 saturated carbocycles. The summed E-state index contributed by atoms with van der Waals surface area (Å²) in [6.07, 6.45) is 0.427. The van der Waals surface area contributed by atoms with Crippen molar-refractivity contribution in [1.29, 1.82) is 0 Å². The number of hydrogen-bond acceptors (Lipinski definition) is 2. The Morgan fingerprint density at radius 2 is 2.00 bits per heavy atom. The lowest BCUT2D eigenvalue weighted by atomic mass is 10.0. The highest BCUT2D eigenvalue weighted by atomic mass is 19.1. The summed E-state index contributed by atoms with van der Waals surface area (Å²) in [5.74, 6) is -1.50. The summed E-state index contributed by atoms with van der Waals surface area (Å²) in [5, 5.41) is 8.99. The zero-order valence-electron chi connectivity index (χ0n) is 10.2. The second-order valence-corrected chi connectivity index (χ2v) is 3.85. The van der Waals surface area contributed by atoms with E-state index >= 15 is 0 Å². The summed E-state index contributed by atoms with van der Waals surface area (Å²) < 4.78 is 13.6. The molecule has 0 bridgehead atoms. The molecule has 0 spiro atoms. The molecule has 1 aromatic rings. The minimum Gasteiger partial charge on any atom is -0.478 e. The van der Waals surface area contributed by atoms with Crippen LogP contribution in [0.25, 0.3) is 0 Å². The molecule has 94 valence electrons. The number of likely N-dealkylation sites (N-methyl/N-ethyl adjacent to an activating group) is 1. The van der Waals surface area contributed by atoms with Gasteiger partial charge in [0, 0.05) is 12.1 Å². The fourth-order valence-electron chi connectivity index (χ4n) is 1.82. The third kappa shape index (κ3) is 3.53. The van der Waals surface area contributed by atoms with Crippen LogP contribution < -0.4 is 0 Å². The Labute approximate surface area is 101 Å². The molecule has 0 aromatic heterocycles. The first-order valence-electron chi connectivity index (χ1n) is 5.83. The number of aromatic carboxylic acids is 1. The Morgan fingerprint density at radius 1 is 1.35 bits per heavy atom. The fraction of sp³-hybridized carbons (Fsp3) is 0.462. The summed E-state index contributed by atoms with van der Waals surface area (Å²) in [5.41, 5.74) is 0.365. The van der Waals surface area contributed by atoms with E-state index < -0.39 is 11.8 Å². The molecule has 1 aromatic carbocycles. The molecule has 0 aliphatic heterocycles. The molecule has 0 radical (unpaired) electrons. The van der Waals surface area contributed by atoms with Crippen LogP contribution in [-0.4, -0.2) is 35.6 Å². The lowest BCUT2D eigenvalue weighted by Gasteiger charge is -2.18. The largest absolute Gasteiger partial charge is 0.478 e. The Bertz CT molecular complexity index is 389. The van der Waals surface area contributed by atoms with Crippen molar-refractivity contribution in [2.45, 2.75) is 20.3 Å². The van der Waals surface area contributed by atoms with Crippen LogP contribution >= 0.6 is 0 Å². The first kappa shape index (κ1) is 13.6. The lowest BCUT2D eigenvalue weighted by molar-refractivity contribution is 0.0695. The number of hydrogen-bond donors (Lipinski definition) is 1. The van der Waals surface area contributed by atoms with E-state index in [0.717, 1.165) is 13.1 Å². The van der Waals surface area contributed by atoms with Crippen molar-refractivity contribution in [2.75, 3.05) is 19.6 Å². The zero-order chi connectivity index (χ0) is 12.8. The van der Waals surface area contributed by atoms with Gasteiger partial charge in [0.05, 0.1) is 5.56 Å². The Balaban J connectivity index is 2.85. The van der Waals surface area contributed by atoms with Gasteiger partial charge in [-0.25, -0.2) is 9.18 Å². The third-order valence-corrected chi connectivity index (χ3v) is 2.92. The maximum atomic E-state index is 13.6. The average Bonchev–Trinajstić information content (AvgIpc) is 2.31. The highest BCUT2D eigenvalue weighted by Gasteiger charge is 2.14. The summed E-state index contributed by atoms with van der Waals surface area (Å²) in [6, 6.07) is 4.19. The average molecular weight is 239 g/mol. The third-order valence-electron chi connectivity index (χ3n) is 2.92. The van der Waals surface area contributed by atoms with Crippen LogP contribution in [0, 0.1) is 5.82 Å². The van der Waals surface area contributed by atoms with Crippen LogP contribution in [0.2, 0.25) is 0 Å². The molecule has 0 heterocycles. The van der Waals surface area contributed by atoms with Gasteiger partial charge >= 0.3 is 5.97 Å². The molecule has 0 fully saturated rings. The summed E-state index contributed by atoms with van der Waals surface area (Å²) >= 11 is 0. The van der Waals surface area contributed by atoms with E-state index in [-0.39, 0.29) is 5.56 Å². The van der Waals surface area contributed by atoms with Gasteiger partial charge in [0.2, 0.25) is 0 Å². The van der Waals surface area contributed by atoms with Crippen molar-refractivity contribution in [3.63, 3.8) is 0 Å². The highest BCUT2D eigenvalue weighted by molar-refractivity contribution is 5.89. The van der Waals surface area contributed by atoms with Crippen molar-refractivity contribution >= 4 is 5.97 Å². The van der Waals surface area contributed by atoms with Crippen molar-refractivity contribution in [2.24, 2.45) is 0 Å². The summed E-state index contributed by atoms with van der Waals surface area (Å²) in [4.78, 5) is 13.1. The quantitative estimate of drug-likeness (QED) is 0.828. The van der Waals surface area contributed by atoms with Crippen molar-refractivity contribution in [3.05, 3.63) is 35.1 Å². The predicted molar refractivity (Wildman–Crippen MR) is 64.9 cm³/mol. The number of carbonyl (C=O) groups is 1. The SMILES string of the molecule is CCN(CC)CCc1c(F)cccc1C(=O)O. The summed E-state index contributed by atoms with van der Waals surface area (Å²) in [7, 11) is 0. The van der Waals surface area contributed by atoms with Gasteiger partial charge < -0.3 is 10.0 Å². The van der Waals surface area contributed by atoms with Gasteiger partial charge in [-0.3, -0.25) is 0 Å². The van der Waals surface area contributed by atoms with Gasteiger partial charge in [-0.15, -0.1) is 0 Å². The molecule has 0 aliphatic rings. The molecular weight excluding hydrogens is 221 g/mol. The maximum Gasteiger partial charge on any atom is 0.336 e. The van der Waals surface area contributed by atoms with Gasteiger partial charge in [-0.1, -0.05) is 19.9 Å². The zero-order valence-corrected chi connectivity index (χ0v) is 10.2. The molecule has 0 atom stereocenters. The summed E-state index contributed by atoms with van der Waals surface area (Å²) in [6.45, 7) is 6.50.